The van der Waals surface area contributed by atoms with Crippen molar-refractivity contribution in [2.75, 3.05) is 26.4 Å². The van der Waals surface area contributed by atoms with Crippen LogP contribution in [0.5, 0.6) is 0 Å². The first-order chi connectivity index (χ1) is 40.2. The van der Waals surface area contributed by atoms with Crippen molar-refractivity contribution in [3.63, 3.8) is 0 Å². The van der Waals surface area contributed by atoms with Crippen LogP contribution in [0.3, 0.4) is 0 Å². The molecule has 34 atom stereocenters. The van der Waals surface area contributed by atoms with Gasteiger partial charge in [0.2, 0.25) is 0 Å². The van der Waals surface area contributed by atoms with Crippen molar-refractivity contribution in [2.45, 2.75) is 265 Å². The predicted octanol–water partition coefficient (Wildman–Crippen LogP) is -4.38. The smallest absolute Gasteiger partial charge is 0.306 e. The molecule has 9 rings (SSSR count). The van der Waals surface area contributed by atoms with Crippen molar-refractivity contribution in [2.24, 2.45) is 40.4 Å². The Hall–Kier alpha value is -2.12. The van der Waals surface area contributed by atoms with E-state index < -0.39 is 203 Å². The average Bonchev–Trinajstić information content (AvgIpc) is 1.70. The molecule has 0 aromatic rings. The number of hydrogen-bond acceptors (Lipinski definition) is 28. The number of fused-ring (bicyclic) bond motifs is 5. The lowest BCUT2D eigenvalue weighted by atomic mass is 9.47. The average molecular weight is 1230 g/mol. The molecule has 5 saturated heterocycles. The molecule has 28 heteroatoms. The van der Waals surface area contributed by atoms with Gasteiger partial charge in [-0.15, -0.1) is 0 Å². The lowest BCUT2D eigenvalue weighted by Gasteiger charge is -2.58. The summed E-state index contributed by atoms with van der Waals surface area (Å²) in [4.78, 5) is 27.2. The van der Waals surface area contributed by atoms with Crippen molar-refractivity contribution in [1.29, 1.82) is 0 Å². The van der Waals surface area contributed by atoms with Crippen LogP contribution in [0.1, 0.15) is 99.3 Å². The molecule has 0 amide bonds. The summed E-state index contributed by atoms with van der Waals surface area (Å²) in [5.41, 5.74) is 0.355. The quantitative estimate of drug-likeness (QED) is 0.0429. The molecule has 488 valence electrons. The Bertz CT molecular complexity index is 2260. The number of rotatable bonds is 19. The molecular formula is C57H92O28. The molecule has 8 fully saturated rings. The van der Waals surface area contributed by atoms with Crippen molar-refractivity contribution in [1.82, 2.24) is 0 Å². The van der Waals surface area contributed by atoms with Gasteiger partial charge in [-0.2, -0.15) is 0 Å². The van der Waals surface area contributed by atoms with Gasteiger partial charge < -0.3 is 129 Å². The first kappa shape index (κ1) is 67.3. The van der Waals surface area contributed by atoms with Crippen molar-refractivity contribution < 1.29 is 138 Å². The van der Waals surface area contributed by atoms with Gasteiger partial charge in [0.25, 0.3) is 0 Å². The van der Waals surface area contributed by atoms with Gasteiger partial charge in [0.05, 0.1) is 50.7 Å². The standard InChI is InChI=1S/C57H92O28/c1-21(20-75-51-44(71)41(68)37(64)31(17-58)80-51)7-10-34(62)79-30-16-29-27-9-8-25-15-26(11-13-56(25,5)28(27)12-14-57(29,6)35(30)22(2)61)78-55-50(85-52-45(72)40(67)36(63)23(3)76-52)49(39(66)33(19-60)82-55)84-53-47(74)43(70)48(24(4)77-53)83-54-46(73)42(69)38(65)32(18-59)81-54/h8,21,23-24,26-33,35-55,58-60,63-74H,7,9-20H2,1-6H3/t21-,23+,24+,26-,27+,28+,29-,30+,31+,32+,33+,35-,36+,37+,38+,39+,40-,41-,42-,43+,44+,45+,46+,47+,48+,49-,50+,51+,52-,53-,54-,55+,56+,57-/m1/s1. The number of ketones is 1. The summed E-state index contributed by atoms with van der Waals surface area (Å²) < 4.78 is 66.1. The topological polar surface area (TPSA) is 439 Å². The fourth-order valence-electron chi connectivity index (χ4n) is 15.4. The largest absolute Gasteiger partial charge is 0.462 e. The minimum Gasteiger partial charge on any atom is -0.462 e. The second-order valence-electron chi connectivity index (χ2n) is 25.9. The summed E-state index contributed by atoms with van der Waals surface area (Å²) in [6.07, 6.45) is -34.3. The van der Waals surface area contributed by atoms with Crippen LogP contribution in [-0.2, 0) is 61.7 Å². The molecule has 0 spiro atoms. The highest BCUT2D eigenvalue weighted by Gasteiger charge is 2.64. The number of aliphatic hydroxyl groups is 15. The molecule has 5 aliphatic heterocycles. The molecule has 4 aliphatic carbocycles. The third-order valence-corrected chi connectivity index (χ3v) is 20.5. The first-order valence-corrected chi connectivity index (χ1v) is 30.1. The Kier molecular flexibility index (Phi) is 21.7. The Morgan fingerprint density at radius 1 is 0.588 bits per heavy atom. The van der Waals surface area contributed by atoms with Crippen LogP contribution in [0.2, 0.25) is 0 Å². The molecule has 0 radical (unpaired) electrons. The maximum atomic E-state index is 13.6. The number of carbonyl (C=O) groups is 2. The van der Waals surface area contributed by atoms with Crippen molar-refractivity contribution >= 4 is 11.8 Å². The number of hydrogen-bond donors (Lipinski definition) is 15. The molecule has 0 bridgehead atoms. The maximum absolute atomic E-state index is 13.6. The fourth-order valence-corrected chi connectivity index (χ4v) is 15.4. The highest BCUT2D eigenvalue weighted by Crippen LogP contribution is 2.67. The third-order valence-electron chi connectivity index (χ3n) is 20.5. The lowest BCUT2D eigenvalue weighted by molar-refractivity contribution is -0.398. The van der Waals surface area contributed by atoms with Crippen LogP contribution in [0.15, 0.2) is 11.6 Å². The maximum Gasteiger partial charge on any atom is 0.306 e. The van der Waals surface area contributed by atoms with Gasteiger partial charge in [0.1, 0.15) is 122 Å². The van der Waals surface area contributed by atoms with E-state index in [-0.39, 0.29) is 47.9 Å². The summed E-state index contributed by atoms with van der Waals surface area (Å²) in [6, 6.07) is 0. The molecule has 5 heterocycles. The van der Waals surface area contributed by atoms with Gasteiger partial charge in [0.15, 0.2) is 31.5 Å². The van der Waals surface area contributed by atoms with E-state index in [1.807, 2.05) is 6.92 Å². The number of esters is 1. The number of ether oxygens (including phenoxy) is 11. The van der Waals surface area contributed by atoms with Gasteiger partial charge in [-0.25, -0.2) is 0 Å². The number of Topliss-reactive ketones (excluding diaryl/α,β-unsaturated/α-hetero) is 1. The van der Waals surface area contributed by atoms with Gasteiger partial charge in [0, 0.05) is 6.42 Å². The molecule has 0 aromatic heterocycles. The van der Waals surface area contributed by atoms with Crippen LogP contribution >= 0.6 is 0 Å². The van der Waals surface area contributed by atoms with E-state index in [2.05, 4.69) is 19.9 Å². The molecule has 85 heavy (non-hydrogen) atoms. The SMILES string of the molecule is CC(=O)[C@@H]1[C@@H](OC(=O)CC[C@@H](C)CO[C@H]2O[C@@H](CO)[C@H](O)[C@@H](O)[C@@H]2O)C[C@@H]2[C@H]3CC=C4C[C@H](O[C@H]5O[C@@H](CO)[C@H](O)[C@@H](O[C@H]6O[C@@H](C)[C@H](O[C@H]7O[C@@H](CO)[C@H](O)[C@@H](O)[C@@H]7O)[C@@H](O)[C@@H]6O)[C@@H]5O[C@H]5O[C@@H](C)[C@H](O)[C@@H](O)[C@@H]5O)CC[C@]4(C)[C@H]3CC[C@]21C. The summed E-state index contributed by atoms with van der Waals surface area (Å²) >= 11 is 0. The normalized spacial score (nSPS) is 51.4. The Labute approximate surface area is 492 Å². The molecule has 15 N–H and O–H groups in total. The van der Waals surface area contributed by atoms with E-state index in [0.717, 1.165) is 12.0 Å². The Morgan fingerprint density at radius 2 is 1.12 bits per heavy atom. The molecule has 0 aromatic carbocycles. The minimum atomic E-state index is -1.98. The van der Waals surface area contributed by atoms with Crippen LogP contribution in [-0.4, -0.2) is 281 Å². The Balaban J connectivity index is 0.873. The van der Waals surface area contributed by atoms with E-state index >= 15 is 0 Å². The monoisotopic (exact) mass is 1220 g/mol. The van der Waals surface area contributed by atoms with E-state index in [1.54, 1.807) is 6.92 Å². The van der Waals surface area contributed by atoms with Crippen LogP contribution in [0, 0.1) is 40.4 Å². The fraction of sp³-hybridized carbons (Fsp3) is 0.930. The second kappa shape index (κ2) is 27.4. The van der Waals surface area contributed by atoms with E-state index in [9.17, 15) is 86.2 Å². The van der Waals surface area contributed by atoms with E-state index in [0.29, 0.717) is 44.9 Å². The zero-order valence-electron chi connectivity index (χ0n) is 48.8. The number of aliphatic hydroxyl groups excluding tert-OH is 15. The zero-order valence-corrected chi connectivity index (χ0v) is 48.8. The van der Waals surface area contributed by atoms with E-state index in [4.69, 9.17) is 52.1 Å². The van der Waals surface area contributed by atoms with E-state index in [1.165, 1.54) is 13.8 Å². The highest BCUT2D eigenvalue weighted by molar-refractivity contribution is 5.81. The van der Waals surface area contributed by atoms with Crippen LogP contribution in [0.25, 0.3) is 0 Å². The van der Waals surface area contributed by atoms with Crippen LogP contribution in [0.4, 0.5) is 0 Å². The number of allylic oxidation sites excluding steroid dienone is 1. The van der Waals surface area contributed by atoms with Crippen LogP contribution < -0.4 is 0 Å². The van der Waals surface area contributed by atoms with Crippen molar-refractivity contribution in [3.05, 3.63) is 11.6 Å². The second-order valence-corrected chi connectivity index (χ2v) is 25.9. The summed E-state index contributed by atoms with van der Waals surface area (Å²) in [5, 5.41) is 159. The lowest BCUT2D eigenvalue weighted by Crippen LogP contribution is -2.67. The molecule has 9 aliphatic rings. The van der Waals surface area contributed by atoms with Gasteiger partial charge in [-0.3, -0.25) is 9.59 Å². The Morgan fingerprint density at radius 3 is 1.74 bits per heavy atom. The van der Waals surface area contributed by atoms with Gasteiger partial charge >= 0.3 is 5.97 Å². The molecular weight excluding hydrogens is 1130 g/mol. The summed E-state index contributed by atoms with van der Waals surface area (Å²) in [5.74, 6) is -0.900. The first-order valence-electron chi connectivity index (χ1n) is 30.1. The predicted molar refractivity (Wildman–Crippen MR) is 283 cm³/mol. The zero-order chi connectivity index (χ0) is 61.9. The highest BCUT2D eigenvalue weighted by atomic mass is 16.8. The van der Waals surface area contributed by atoms with Crippen molar-refractivity contribution in [3.8, 4) is 0 Å². The molecule has 0 unspecified atom stereocenters. The summed E-state index contributed by atoms with van der Waals surface area (Å²) in [6.45, 7) is 8.49. The summed E-state index contributed by atoms with van der Waals surface area (Å²) in [7, 11) is 0. The van der Waals surface area contributed by atoms with Gasteiger partial charge in [-0.1, -0.05) is 32.4 Å². The van der Waals surface area contributed by atoms with Gasteiger partial charge in [-0.05, 0) is 107 Å². The third kappa shape index (κ3) is 13.2. The minimum absolute atomic E-state index is 0.0226. The molecule has 3 saturated carbocycles. The molecule has 28 nitrogen and oxygen atoms in total. The number of carbonyl (C=O) groups excluding carboxylic acids is 2.